The average Bonchev–Trinajstić information content (AvgIpc) is 3.22. The molecule has 1 amide bonds. The molecule has 2 aromatic heterocycles. The number of nitrogens with zero attached hydrogens (tertiary/aromatic N) is 3. The van der Waals surface area contributed by atoms with Crippen molar-refractivity contribution in [2.75, 3.05) is 37.9 Å². The summed E-state index contributed by atoms with van der Waals surface area (Å²) < 4.78 is 27.0. The fourth-order valence-corrected chi connectivity index (χ4v) is 4.31. The highest BCUT2D eigenvalue weighted by Gasteiger charge is 2.33. The number of hydrogen-bond donors (Lipinski definition) is 3. The number of nitrogens with one attached hydrogen (secondary N) is 3. The van der Waals surface area contributed by atoms with Crippen molar-refractivity contribution >= 4 is 23.0 Å². The number of hydrogen-bond acceptors (Lipinski definition) is 7. The van der Waals surface area contributed by atoms with E-state index in [1.165, 1.54) is 13.2 Å². The number of pyridine rings is 1. The number of carbonyl (C=O) groups excluding carboxylic acids is 1. The van der Waals surface area contributed by atoms with Gasteiger partial charge in [-0.1, -0.05) is 18.2 Å². The molecule has 34 heavy (non-hydrogen) atoms. The van der Waals surface area contributed by atoms with Gasteiger partial charge in [0.1, 0.15) is 5.69 Å². The zero-order valence-electron chi connectivity index (χ0n) is 18.8. The van der Waals surface area contributed by atoms with Crippen LogP contribution >= 0.6 is 0 Å². The molecule has 0 unspecified atom stereocenters. The number of allylic oxidation sites excluding steroid dienone is 1. The Kier molecular flexibility index (Phi) is 5.89. The van der Waals surface area contributed by atoms with Crippen LogP contribution in [-0.4, -0.2) is 54.1 Å². The van der Waals surface area contributed by atoms with Crippen LogP contribution in [0.4, 0.5) is 21.5 Å². The minimum Gasteiger partial charge on any atom is -0.492 e. The first-order valence-corrected chi connectivity index (χ1v) is 11.0. The molecule has 0 saturated heterocycles. The second-order valence-electron chi connectivity index (χ2n) is 8.07. The topological polar surface area (TPSA) is 102 Å². The Morgan fingerprint density at radius 1 is 1.21 bits per heavy atom. The first kappa shape index (κ1) is 21.9. The molecule has 9 nitrogen and oxygen atoms in total. The van der Waals surface area contributed by atoms with E-state index in [1.807, 2.05) is 18.2 Å². The quantitative estimate of drug-likeness (QED) is 0.508. The number of aromatic nitrogens is 3. The molecule has 2 bridgehead atoms. The third-order valence-electron chi connectivity index (χ3n) is 6.03. The number of carbonyl (C=O) groups is 1. The largest absolute Gasteiger partial charge is 0.492 e. The molecule has 2 aliphatic heterocycles. The molecule has 2 aliphatic rings. The zero-order chi connectivity index (χ0) is 23.7. The predicted molar refractivity (Wildman–Crippen MR) is 126 cm³/mol. The molecular formula is C24H25FN6O3. The van der Waals surface area contributed by atoms with Crippen LogP contribution in [0.3, 0.4) is 0 Å². The lowest BCUT2D eigenvalue weighted by Crippen LogP contribution is -2.39. The van der Waals surface area contributed by atoms with Gasteiger partial charge in [-0.3, -0.25) is 14.5 Å². The van der Waals surface area contributed by atoms with Gasteiger partial charge < -0.3 is 25.4 Å². The van der Waals surface area contributed by atoms with Crippen molar-refractivity contribution in [3.8, 4) is 17.0 Å². The highest BCUT2D eigenvalue weighted by molar-refractivity contribution is 6.04. The Hall–Kier alpha value is -3.92. The number of methoxy groups -OCH3 is 2. The molecule has 4 heterocycles. The molecular weight excluding hydrogens is 439 g/mol. The molecule has 0 saturated carbocycles. The molecule has 176 valence electrons. The second kappa shape index (κ2) is 9.14. The smallest absolute Gasteiger partial charge is 0.271 e. The van der Waals surface area contributed by atoms with Crippen molar-refractivity contribution in [3.05, 3.63) is 60.3 Å². The van der Waals surface area contributed by atoms with Crippen LogP contribution in [-0.2, 0) is 4.74 Å². The van der Waals surface area contributed by atoms with Crippen molar-refractivity contribution in [2.24, 2.45) is 0 Å². The van der Waals surface area contributed by atoms with E-state index in [1.54, 1.807) is 36.3 Å². The van der Waals surface area contributed by atoms with Crippen molar-refractivity contribution in [3.63, 3.8) is 0 Å². The van der Waals surface area contributed by atoms with Gasteiger partial charge in [0, 0.05) is 32.0 Å². The van der Waals surface area contributed by atoms with Gasteiger partial charge >= 0.3 is 0 Å². The zero-order valence-corrected chi connectivity index (χ0v) is 18.8. The summed E-state index contributed by atoms with van der Waals surface area (Å²) in [5.41, 5.74) is 3.26. The Bertz CT molecular complexity index is 1260. The Morgan fingerprint density at radius 2 is 2.09 bits per heavy atom. The summed E-state index contributed by atoms with van der Waals surface area (Å²) in [6.45, 7) is 0.973. The van der Waals surface area contributed by atoms with E-state index in [-0.39, 0.29) is 23.8 Å². The molecule has 0 radical (unpaired) electrons. The monoisotopic (exact) mass is 464 g/mol. The van der Waals surface area contributed by atoms with E-state index in [9.17, 15) is 9.18 Å². The van der Waals surface area contributed by atoms with E-state index in [4.69, 9.17) is 14.6 Å². The first-order chi connectivity index (χ1) is 16.6. The van der Waals surface area contributed by atoms with Crippen molar-refractivity contribution < 1.29 is 18.7 Å². The number of halogens is 1. The van der Waals surface area contributed by atoms with Gasteiger partial charge in [0.05, 0.1) is 42.5 Å². The van der Waals surface area contributed by atoms with E-state index >= 15 is 0 Å². The number of benzene rings is 1. The number of amides is 1. The minimum absolute atomic E-state index is 0.0537. The van der Waals surface area contributed by atoms with Gasteiger partial charge in [-0.2, -0.15) is 5.10 Å². The van der Waals surface area contributed by atoms with Gasteiger partial charge in [0.15, 0.2) is 17.3 Å². The van der Waals surface area contributed by atoms with E-state index in [0.29, 0.717) is 42.3 Å². The summed E-state index contributed by atoms with van der Waals surface area (Å²) in [6.07, 6.45) is 7.93. The molecule has 0 aliphatic carbocycles. The molecule has 10 heteroatoms. The molecule has 3 aromatic rings. The van der Waals surface area contributed by atoms with Crippen molar-refractivity contribution in [2.45, 2.75) is 18.6 Å². The summed E-state index contributed by atoms with van der Waals surface area (Å²) in [7, 11) is 3.07. The van der Waals surface area contributed by atoms with E-state index in [0.717, 1.165) is 11.3 Å². The standard InChI is InChI=1S/C24H25FN6O3/c1-33-15-6-3-5-14-11-28-24(32)22-21(29-18-8-4-7-17(25)23(18)34-2)20(30-31(14)22)16-9-10-26-13-19(16)27-12-15/h3-4,6-10,13-15,27,29H,5,11-12H2,1-2H3,(H,28,32)/b6-3+/t14-,15-/m0/s1. The van der Waals surface area contributed by atoms with Gasteiger partial charge in [-0.05, 0) is 24.6 Å². The predicted octanol–water partition coefficient (Wildman–Crippen LogP) is 3.51. The Labute approximate surface area is 196 Å². The molecule has 2 atom stereocenters. The number of ether oxygens (including phenoxy) is 2. The number of rotatable bonds is 4. The summed E-state index contributed by atoms with van der Waals surface area (Å²) in [5, 5.41) is 14.5. The average molecular weight is 465 g/mol. The van der Waals surface area contributed by atoms with Gasteiger partial charge in [0.25, 0.3) is 5.91 Å². The molecule has 0 spiro atoms. The fourth-order valence-electron chi connectivity index (χ4n) is 4.31. The van der Waals surface area contributed by atoms with Crippen molar-refractivity contribution in [1.82, 2.24) is 20.1 Å². The maximum atomic E-state index is 14.4. The van der Waals surface area contributed by atoms with Crippen LogP contribution in [0.15, 0.2) is 48.8 Å². The molecule has 1 aromatic carbocycles. The van der Waals surface area contributed by atoms with Gasteiger partial charge in [0.2, 0.25) is 0 Å². The maximum Gasteiger partial charge on any atom is 0.271 e. The third-order valence-corrected chi connectivity index (χ3v) is 6.03. The van der Waals surface area contributed by atoms with E-state index in [2.05, 4.69) is 20.9 Å². The summed E-state index contributed by atoms with van der Waals surface area (Å²) in [6, 6.07) is 6.33. The molecule has 0 fully saturated rings. The van der Waals surface area contributed by atoms with Crippen LogP contribution in [0.5, 0.6) is 5.75 Å². The van der Waals surface area contributed by atoms with E-state index < -0.39 is 5.82 Å². The third kappa shape index (κ3) is 3.86. The fraction of sp³-hybridized carbons (Fsp3) is 0.292. The lowest BCUT2D eigenvalue weighted by molar-refractivity contribution is 0.0910. The second-order valence-corrected chi connectivity index (χ2v) is 8.07. The Balaban J connectivity index is 1.72. The summed E-state index contributed by atoms with van der Waals surface area (Å²) in [5.74, 6) is -0.714. The van der Waals surface area contributed by atoms with Crippen LogP contribution < -0.4 is 20.7 Å². The van der Waals surface area contributed by atoms with Crippen LogP contribution in [0.25, 0.3) is 11.3 Å². The SMILES string of the molecule is COc1c(F)cccc1Nc1c2nn3c1C(=O)NC[C@@H]3C/C=C/[C@H](OC)CNc1cnccc1-2. The highest BCUT2D eigenvalue weighted by Crippen LogP contribution is 2.41. The maximum absolute atomic E-state index is 14.4. The summed E-state index contributed by atoms with van der Waals surface area (Å²) in [4.78, 5) is 17.3. The normalized spacial score (nSPS) is 20.1. The van der Waals surface area contributed by atoms with Gasteiger partial charge in [-0.25, -0.2) is 4.39 Å². The highest BCUT2D eigenvalue weighted by atomic mass is 19.1. The lowest BCUT2D eigenvalue weighted by atomic mass is 10.1. The number of fused-ring (bicyclic) bond motifs is 3. The molecule has 3 N–H and O–H groups in total. The van der Waals surface area contributed by atoms with Gasteiger partial charge in [-0.15, -0.1) is 0 Å². The lowest BCUT2D eigenvalue weighted by Gasteiger charge is -2.25. The minimum atomic E-state index is -0.509. The molecule has 5 rings (SSSR count). The van der Waals surface area contributed by atoms with Crippen LogP contribution in [0.1, 0.15) is 23.0 Å². The number of anilines is 3. The van der Waals surface area contributed by atoms with Crippen LogP contribution in [0, 0.1) is 5.82 Å². The van der Waals surface area contributed by atoms with Crippen molar-refractivity contribution in [1.29, 1.82) is 0 Å². The number of para-hydroxylation sites is 1. The van der Waals surface area contributed by atoms with Crippen LogP contribution in [0.2, 0.25) is 0 Å². The summed E-state index contributed by atoms with van der Waals surface area (Å²) >= 11 is 0. The Morgan fingerprint density at radius 3 is 2.91 bits per heavy atom. The first-order valence-electron chi connectivity index (χ1n) is 11.0.